The number of rotatable bonds is 2. The van der Waals surface area contributed by atoms with E-state index in [4.69, 9.17) is 0 Å². The van der Waals surface area contributed by atoms with E-state index in [-0.39, 0.29) is 0 Å². The van der Waals surface area contributed by atoms with E-state index in [9.17, 15) is 9.90 Å². The Labute approximate surface area is 115 Å². The molecule has 0 spiro atoms. The van der Waals surface area contributed by atoms with E-state index in [0.29, 0.717) is 5.95 Å². The molecule has 0 aliphatic carbocycles. The second-order valence-corrected chi connectivity index (χ2v) is 4.40. The maximum atomic E-state index is 11.1. The third-order valence-corrected chi connectivity index (χ3v) is 3.13. The van der Waals surface area contributed by atoms with Crippen LogP contribution >= 0.6 is 0 Å². The zero-order valence-corrected chi connectivity index (χ0v) is 10.9. The summed E-state index contributed by atoms with van der Waals surface area (Å²) in [7, 11) is 1.43. The molecular weight excluding hydrogens is 254 g/mol. The first-order chi connectivity index (χ1) is 9.68. The van der Waals surface area contributed by atoms with Gasteiger partial charge in [-0.2, -0.15) is 0 Å². The first-order valence-corrected chi connectivity index (χ1v) is 6.16. The van der Waals surface area contributed by atoms with E-state index < -0.39 is 6.09 Å². The average Bonchev–Trinajstić information content (AvgIpc) is 2.86. The summed E-state index contributed by atoms with van der Waals surface area (Å²) in [5.41, 5.74) is 2.44. The summed E-state index contributed by atoms with van der Waals surface area (Å²) in [6.07, 6.45) is -1.29. The number of fused-ring (bicyclic) bond motifs is 1. The Kier molecular flexibility index (Phi) is 2.87. The molecule has 1 heterocycles. The summed E-state index contributed by atoms with van der Waals surface area (Å²) in [6.45, 7) is 0. The molecule has 0 atom stereocenters. The van der Waals surface area contributed by atoms with Gasteiger partial charge in [0.25, 0.3) is 0 Å². The van der Waals surface area contributed by atoms with Crippen LogP contribution in [-0.4, -0.2) is 22.7 Å². The number of carbonyl (C=O) groups is 1. The molecule has 2 aromatic carbocycles. The molecule has 100 valence electrons. The topological polar surface area (TPSA) is 61.2 Å². The van der Waals surface area contributed by atoms with Gasteiger partial charge in [0.15, 0.2) is 0 Å². The molecule has 0 fully saturated rings. The summed E-state index contributed by atoms with van der Waals surface area (Å²) < 4.78 is 1.80. The lowest BCUT2D eigenvalue weighted by atomic mass is 10.3. The molecule has 0 unspecified atom stereocenters. The van der Waals surface area contributed by atoms with Crippen molar-refractivity contribution in [3.8, 4) is 5.69 Å². The van der Waals surface area contributed by atoms with Gasteiger partial charge in [-0.15, -0.1) is 0 Å². The number of aromatic nitrogens is 2. The number of para-hydroxylation sites is 3. The number of hydrogen-bond acceptors (Lipinski definition) is 3. The molecule has 5 heteroatoms. The highest BCUT2D eigenvalue weighted by molar-refractivity contribution is 5.88. The lowest BCUT2D eigenvalue weighted by molar-refractivity contribution is -0.246. The van der Waals surface area contributed by atoms with Crippen molar-refractivity contribution in [3.63, 3.8) is 0 Å². The third kappa shape index (κ3) is 1.89. The molecule has 5 nitrogen and oxygen atoms in total. The minimum atomic E-state index is -1.29. The molecule has 0 N–H and O–H groups in total. The molecule has 0 aliphatic rings. The molecule has 0 aliphatic heterocycles. The van der Waals surface area contributed by atoms with Crippen LogP contribution in [0.3, 0.4) is 0 Å². The van der Waals surface area contributed by atoms with Crippen molar-refractivity contribution in [1.82, 2.24) is 9.55 Å². The third-order valence-electron chi connectivity index (χ3n) is 3.13. The lowest BCUT2D eigenvalue weighted by Crippen LogP contribution is -2.39. The number of amides is 1. The number of nitrogens with zero attached hydrogens (tertiary/aromatic N) is 3. The van der Waals surface area contributed by atoms with E-state index >= 15 is 0 Å². The van der Waals surface area contributed by atoms with Gasteiger partial charge < -0.3 is 14.8 Å². The fourth-order valence-electron chi connectivity index (χ4n) is 2.15. The molecule has 0 radical (unpaired) electrons. The van der Waals surface area contributed by atoms with Gasteiger partial charge in [-0.3, -0.25) is 4.57 Å². The van der Waals surface area contributed by atoms with Crippen molar-refractivity contribution >= 4 is 23.1 Å². The molecule has 20 heavy (non-hydrogen) atoms. The van der Waals surface area contributed by atoms with Crippen LogP contribution in [0.1, 0.15) is 0 Å². The van der Waals surface area contributed by atoms with E-state index in [1.54, 1.807) is 4.57 Å². The normalized spacial score (nSPS) is 10.7. The van der Waals surface area contributed by atoms with Gasteiger partial charge in [0, 0.05) is 12.7 Å². The van der Waals surface area contributed by atoms with Crippen molar-refractivity contribution in [2.45, 2.75) is 0 Å². The Morgan fingerprint density at radius 3 is 2.45 bits per heavy atom. The second kappa shape index (κ2) is 4.70. The zero-order valence-electron chi connectivity index (χ0n) is 10.9. The Balaban J connectivity index is 2.32. The molecular formula is C15H12N3O2-. The molecule has 0 saturated heterocycles. The summed E-state index contributed by atoms with van der Waals surface area (Å²) in [5.74, 6) is 0.317. The standard InChI is InChI=1S/C15H13N3O2/c1-17(15(19)20)14-16-12-9-5-6-10-13(12)18(14)11-7-3-2-4-8-11/h2-10H,1H3,(H,19,20)/p-1. The Morgan fingerprint density at radius 1 is 1.10 bits per heavy atom. The zero-order chi connectivity index (χ0) is 14.1. The van der Waals surface area contributed by atoms with Crippen molar-refractivity contribution in [1.29, 1.82) is 0 Å². The van der Waals surface area contributed by atoms with Gasteiger partial charge in [-0.1, -0.05) is 30.3 Å². The number of benzene rings is 2. The van der Waals surface area contributed by atoms with E-state index in [2.05, 4.69) is 4.98 Å². The van der Waals surface area contributed by atoms with Gasteiger partial charge in [-0.25, -0.2) is 4.98 Å². The highest BCUT2D eigenvalue weighted by Gasteiger charge is 2.15. The van der Waals surface area contributed by atoms with Gasteiger partial charge >= 0.3 is 0 Å². The smallest absolute Gasteiger partial charge is 0.216 e. The number of anilines is 1. The van der Waals surface area contributed by atoms with Crippen LogP contribution in [0.4, 0.5) is 10.7 Å². The van der Waals surface area contributed by atoms with Crippen molar-refractivity contribution in [2.75, 3.05) is 11.9 Å². The highest BCUT2D eigenvalue weighted by atomic mass is 16.4. The van der Waals surface area contributed by atoms with E-state index in [1.807, 2.05) is 54.6 Å². The van der Waals surface area contributed by atoms with Gasteiger partial charge in [0.1, 0.15) is 6.09 Å². The monoisotopic (exact) mass is 266 g/mol. The van der Waals surface area contributed by atoms with Crippen LogP contribution in [0.15, 0.2) is 54.6 Å². The highest BCUT2D eigenvalue weighted by Crippen LogP contribution is 2.26. The number of hydrogen-bond donors (Lipinski definition) is 0. The fourth-order valence-corrected chi connectivity index (χ4v) is 2.15. The van der Waals surface area contributed by atoms with E-state index in [0.717, 1.165) is 21.6 Å². The number of imidazole rings is 1. The van der Waals surface area contributed by atoms with Crippen LogP contribution < -0.4 is 10.0 Å². The molecule has 0 bridgehead atoms. The van der Waals surface area contributed by atoms with Crippen LogP contribution in [0.2, 0.25) is 0 Å². The molecule has 1 aromatic heterocycles. The SMILES string of the molecule is CN(C(=O)[O-])c1nc2ccccc2n1-c1ccccc1. The largest absolute Gasteiger partial charge is 0.530 e. The van der Waals surface area contributed by atoms with Crippen LogP contribution in [0.25, 0.3) is 16.7 Å². The Morgan fingerprint density at radius 2 is 1.75 bits per heavy atom. The summed E-state index contributed by atoms with van der Waals surface area (Å²) in [4.78, 5) is 16.5. The van der Waals surface area contributed by atoms with Gasteiger partial charge in [0.05, 0.1) is 11.0 Å². The number of carbonyl (C=O) groups excluding carboxylic acids is 1. The predicted molar refractivity (Wildman–Crippen MR) is 74.9 cm³/mol. The van der Waals surface area contributed by atoms with E-state index in [1.165, 1.54) is 7.05 Å². The fraction of sp³-hybridized carbons (Fsp3) is 0.0667. The average molecular weight is 266 g/mol. The minimum absolute atomic E-state index is 0.317. The second-order valence-electron chi connectivity index (χ2n) is 4.40. The molecule has 3 aromatic rings. The van der Waals surface area contributed by atoms with Crippen molar-refractivity contribution in [3.05, 3.63) is 54.6 Å². The van der Waals surface area contributed by atoms with Crippen LogP contribution in [0, 0.1) is 0 Å². The van der Waals surface area contributed by atoms with Crippen molar-refractivity contribution < 1.29 is 9.90 Å². The first kappa shape index (κ1) is 12.2. The Bertz CT molecular complexity index is 765. The summed E-state index contributed by atoms with van der Waals surface area (Å²) in [6, 6.07) is 17.0. The van der Waals surface area contributed by atoms with Crippen molar-refractivity contribution in [2.24, 2.45) is 0 Å². The van der Waals surface area contributed by atoms with Crippen LogP contribution in [0.5, 0.6) is 0 Å². The lowest BCUT2D eigenvalue weighted by Gasteiger charge is -2.20. The quantitative estimate of drug-likeness (QED) is 0.710. The minimum Gasteiger partial charge on any atom is -0.530 e. The van der Waals surface area contributed by atoms with Crippen LogP contribution in [-0.2, 0) is 0 Å². The van der Waals surface area contributed by atoms with Gasteiger partial charge in [-0.05, 0) is 24.3 Å². The molecule has 3 rings (SSSR count). The van der Waals surface area contributed by atoms with Gasteiger partial charge in [0.2, 0.25) is 5.95 Å². The summed E-state index contributed by atoms with van der Waals surface area (Å²) >= 11 is 0. The summed E-state index contributed by atoms with van der Waals surface area (Å²) in [5, 5.41) is 11.1. The Hall–Kier alpha value is -2.82. The molecule has 0 saturated carbocycles. The maximum Gasteiger partial charge on any atom is 0.216 e. The first-order valence-electron chi connectivity index (χ1n) is 6.16. The maximum absolute atomic E-state index is 11.1. The predicted octanol–water partition coefficient (Wildman–Crippen LogP) is 1.80. The number of carboxylic acid groups (broad SMARTS) is 1. The molecule has 1 amide bonds.